The van der Waals surface area contributed by atoms with Crippen LogP contribution < -0.4 is 9.46 Å². The third-order valence-electron chi connectivity index (χ3n) is 2.55. The highest BCUT2D eigenvalue weighted by Gasteiger charge is 2.29. The molecule has 0 aliphatic heterocycles. The molecule has 23 heavy (non-hydrogen) atoms. The Bertz CT molecular complexity index is 855. The van der Waals surface area contributed by atoms with Crippen LogP contribution in [0.5, 0.6) is 11.5 Å². The van der Waals surface area contributed by atoms with E-state index in [0.717, 1.165) is 31.4 Å². The van der Waals surface area contributed by atoms with Crippen molar-refractivity contribution in [2.45, 2.75) is 6.92 Å². The van der Waals surface area contributed by atoms with Gasteiger partial charge in [0.05, 0.1) is 11.8 Å². The summed E-state index contributed by atoms with van der Waals surface area (Å²) in [5, 5.41) is 10.0. The van der Waals surface area contributed by atoms with E-state index in [9.17, 15) is 27.1 Å². The van der Waals surface area contributed by atoms with Crippen LogP contribution in [0.3, 0.4) is 0 Å². The minimum atomic E-state index is -3.87. The standard InChI is InChI=1S/C13H11F2NO6S/c1-6(17)21-12-10(18)11(22-13(12)16-23(2,19)20)9-7(14)4-3-5-8(9)15/h3-5,16,18H,1-2H3. The summed E-state index contributed by atoms with van der Waals surface area (Å²) in [4.78, 5) is 11.1. The van der Waals surface area contributed by atoms with Crippen LogP contribution in [0.4, 0.5) is 14.7 Å². The van der Waals surface area contributed by atoms with Gasteiger partial charge in [-0.3, -0.25) is 9.52 Å². The lowest BCUT2D eigenvalue weighted by atomic mass is 10.1. The van der Waals surface area contributed by atoms with Crippen molar-refractivity contribution in [1.82, 2.24) is 0 Å². The van der Waals surface area contributed by atoms with Gasteiger partial charge < -0.3 is 14.3 Å². The first-order valence-corrected chi connectivity index (χ1v) is 7.95. The van der Waals surface area contributed by atoms with E-state index in [1.165, 1.54) is 0 Å². The van der Waals surface area contributed by atoms with Gasteiger partial charge in [-0.25, -0.2) is 17.2 Å². The summed E-state index contributed by atoms with van der Waals surface area (Å²) in [6, 6.07) is 2.92. The van der Waals surface area contributed by atoms with Gasteiger partial charge in [-0.1, -0.05) is 6.07 Å². The highest BCUT2D eigenvalue weighted by Crippen LogP contribution is 2.47. The third-order valence-corrected chi connectivity index (χ3v) is 3.11. The van der Waals surface area contributed by atoms with Crippen molar-refractivity contribution >= 4 is 21.9 Å². The van der Waals surface area contributed by atoms with Gasteiger partial charge in [0.25, 0.3) is 5.88 Å². The highest BCUT2D eigenvalue weighted by molar-refractivity contribution is 7.92. The predicted octanol–water partition coefficient (Wildman–Crippen LogP) is 2.23. The first-order chi connectivity index (χ1) is 10.6. The van der Waals surface area contributed by atoms with Gasteiger partial charge in [0.2, 0.25) is 21.5 Å². The summed E-state index contributed by atoms with van der Waals surface area (Å²) in [5.41, 5.74) is -0.736. The maximum Gasteiger partial charge on any atom is 0.308 e. The Hall–Kier alpha value is -2.62. The Kier molecular flexibility index (Phi) is 4.28. The summed E-state index contributed by atoms with van der Waals surface area (Å²) in [6.45, 7) is 0.986. The number of ether oxygens (including phenoxy) is 1. The molecule has 7 nitrogen and oxygen atoms in total. The molecular weight excluding hydrogens is 336 g/mol. The van der Waals surface area contributed by atoms with E-state index < -0.39 is 56.3 Å². The maximum atomic E-state index is 13.8. The number of anilines is 1. The summed E-state index contributed by atoms with van der Waals surface area (Å²) < 4.78 is 61.6. The number of benzene rings is 1. The van der Waals surface area contributed by atoms with Crippen molar-refractivity contribution in [1.29, 1.82) is 0 Å². The number of rotatable bonds is 4. The van der Waals surface area contributed by atoms with Gasteiger partial charge in [0.15, 0.2) is 5.76 Å². The molecule has 2 aromatic rings. The van der Waals surface area contributed by atoms with Gasteiger partial charge in [0.1, 0.15) is 11.6 Å². The minimum absolute atomic E-state index is 0.683. The molecule has 124 valence electrons. The number of furan rings is 1. The van der Waals surface area contributed by atoms with Crippen LogP contribution in [0.15, 0.2) is 22.6 Å². The fourth-order valence-corrected chi connectivity index (χ4v) is 2.24. The number of hydrogen-bond acceptors (Lipinski definition) is 6. The van der Waals surface area contributed by atoms with Gasteiger partial charge in [0, 0.05) is 6.92 Å². The van der Waals surface area contributed by atoms with E-state index in [1.54, 1.807) is 0 Å². The van der Waals surface area contributed by atoms with E-state index >= 15 is 0 Å². The number of esters is 1. The molecule has 10 heteroatoms. The molecule has 0 radical (unpaired) electrons. The lowest BCUT2D eigenvalue weighted by molar-refractivity contribution is -0.131. The summed E-state index contributed by atoms with van der Waals surface area (Å²) >= 11 is 0. The molecule has 0 unspecified atom stereocenters. The van der Waals surface area contributed by atoms with Gasteiger partial charge in [-0.2, -0.15) is 0 Å². The second-order valence-electron chi connectivity index (χ2n) is 4.50. The van der Waals surface area contributed by atoms with Crippen LogP contribution in [0.1, 0.15) is 6.92 Å². The van der Waals surface area contributed by atoms with Crippen LogP contribution in [0.25, 0.3) is 11.3 Å². The molecule has 0 bridgehead atoms. The Morgan fingerprint density at radius 2 is 1.87 bits per heavy atom. The minimum Gasteiger partial charge on any atom is -0.502 e. The molecule has 0 aliphatic carbocycles. The van der Waals surface area contributed by atoms with Crippen LogP contribution in [-0.4, -0.2) is 25.7 Å². The molecule has 0 saturated carbocycles. The first kappa shape index (κ1) is 16.7. The Morgan fingerprint density at radius 3 is 2.35 bits per heavy atom. The number of carbonyl (C=O) groups excluding carboxylic acids is 1. The topological polar surface area (TPSA) is 106 Å². The molecule has 0 amide bonds. The molecule has 0 aliphatic rings. The predicted molar refractivity (Wildman–Crippen MR) is 75.5 cm³/mol. The van der Waals surface area contributed by atoms with Crippen molar-refractivity contribution < 1.29 is 36.3 Å². The van der Waals surface area contributed by atoms with Crippen molar-refractivity contribution in [3.8, 4) is 22.8 Å². The monoisotopic (exact) mass is 347 g/mol. The zero-order chi connectivity index (χ0) is 17.4. The lowest BCUT2D eigenvalue weighted by Crippen LogP contribution is -2.11. The van der Waals surface area contributed by atoms with E-state index in [4.69, 9.17) is 4.42 Å². The van der Waals surface area contributed by atoms with Crippen molar-refractivity contribution in [3.05, 3.63) is 29.8 Å². The summed E-state index contributed by atoms with van der Waals surface area (Å²) in [5.74, 6) is -6.04. The summed E-state index contributed by atoms with van der Waals surface area (Å²) in [6.07, 6.45) is 0.771. The molecule has 2 N–H and O–H groups in total. The lowest BCUT2D eigenvalue weighted by Gasteiger charge is -2.02. The first-order valence-electron chi connectivity index (χ1n) is 6.06. The molecule has 1 aromatic carbocycles. The number of halogens is 2. The molecule has 0 fully saturated rings. The number of aromatic hydroxyl groups is 1. The SMILES string of the molecule is CC(=O)Oc1c(NS(C)(=O)=O)oc(-c2c(F)cccc2F)c1O. The average Bonchev–Trinajstić information content (AvgIpc) is 2.65. The number of nitrogens with one attached hydrogen (secondary N) is 1. The van der Waals surface area contributed by atoms with Crippen LogP contribution in [-0.2, 0) is 14.8 Å². The fraction of sp³-hybridized carbons (Fsp3) is 0.154. The maximum absolute atomic E-state index is 13.8. The smallest absolute Gasteiger partial charge is 0.308 e. The highest BCUT2D eigenvalue weighted by atomic mass is 32.2. The van der Waals surface area contributed by atoms with Crippen LogP contribution in [0.2, 0.25) is 0 Å². The zero-order valence-electron chi connectivity index (χ0n) is 11.9. The van der Waals surface area contributed by atoms with Crippen molar-refractivity contribution in [2.24, 2.45) is 0 Å². The second-order valence-corrected chi connectivity index (χ2v) is 6.25. The molecule has 0 saturated heterocycles. The Labute approximate surface area is 129 Å². The van der Waals surface area contributed by atoms with E-state index in [0.29, 0.717) is 0 Å². The van der Waals surface area contributed by atoms with Gasteiger partial charge >= 0.3 is 5.97 Å². The average molecular weight is 347 g/mol. The zero-order valence-corrected chi connectivity index (χ0v) is 12.7. The van der Waals surface area contributed by atoms with Gasteiger partial charge in [-0.15, -0.1) is 0 Å². The third kappa shape index (κ3) is 3.59. The van der Waals surface area contributed by atoms with Crippen molar-refractivity contribution in [2.75, 3.05) is 11.0 Å². The quantitative estimate of drug-likeness (QED) is 0.822. The van der Waals surface area contributed by atoms with Gasteiger partial charge in [-0.05, 0) is 12.1 Å². The molecule has 1 aromatic heterocycles. The van der Waals surface area contributed by atoms with Crippen LogP contribution >= 0.6 is 0 Å². The largest absolute Gasteiger partial charge is 0.502 e. The molecule has 1 heterocycles. The second kappa shape index (κ2) is 5.88. The van der Waals surface area contributed by atoms with Crippen molar-refractivity contribution in [3.63, 3.8) is 0 Å². The normalized spacial score (nSPS) is 11.3. The fourth-order valence-electron chi connectivity index (χ4n) is 1.77. The Morgan fingerprint density at radius 1 is 1.30 bits per heavy atom. The molecular formula is C13H11F2NO6S. The van der Waals surface area contributed by atoms with Crippen LogP contribution in [0, 0.1) is 11.6 Å². The van der Waals surface area contributed by atoms with E-state index in [2.05, 4.69) is 4.74 Å². The number of carbonyl (C=O) groups is 1. The number of hydrogen-bond donors (Lipinski definition) is 2. The van der Waals surface area contributed by atoms with E-state index in [-0.39, 0.29) is 0 Å². The number of sulfonamides is 1. The Balaban J connectivity index is 2.69. The summed E-state index contributed by atoms with van der Waals surface area (Å²) in [7, 11) is -3.87. The molecule has 2 rings (SSSR count). The molecule has 0 atom stereocenters. The van der Waals surface area contributed by atoms with E-state index in [1.807, 2.05) is 4.72 Å². The molecule has 0 spiro atoms.